The van der Waals surface area contributed by atoms with Crippen LogP contribution in [0, 0.1) is 0 Å². The minimum atomic E-state index is -0.779. The minimum Gasteiger partial charge on any atom is -0.464 e. The first-order valence-electron chi connectivity index (χ1n) is 8.36. The van der Waals surface area contributed by atoms with Gasteiger partial charge in [0.25, 0.3) is 5.56 Å². The molecule has 132 valence electrons. The molecule has 0 saturated heterocycles. The molecule has 1 atom stereocenters. The van der Waals surface area contributed by atoms with Crippen LogP contribution in [0.5, 0.6) is 5.88 Å². The molecule has 0 radical (unpaired) electrons. The van der Waals surface area contributed by atoms with Crippen molar-refractivity contribution >= 4 is 22.6 Å². The Morgan fingerprint density at radius 1 is 1.04 bits per heavy atom. The monoisotopic (exact) mass is 360 g/mol. The van der Waals surface area contributed by atoms with Crippen molar-refractivity contribution in [2.45, 2.75) is 12.3 Å². The van der Waals surface area contributed by atoms with E-state index in [0.29, 0.717) is 16.6 Å². The second-order valence-corrected chi connectivity index (χ2v) is 6.31. The topological polar surface area (TPSA) is 90.9 Å². The SMILES string of the molecule is O=C1CC(c2coc3ccccc3c2=O)c2c(nc3ccccn3c2=O)O1. The number of fused-ring (bicyclic) bond motifs is 3. The number of ether oxygens (including phenoxy) is 1. The van der Waals surface area contributed by atoms with Gasteiger partial charge in [-0.3, -0.25) is 18.8 Å². The molecule has 1 aliphatic rings. The van der Waals surface area contributed by atoms with E-state index >= 15 is 0 Å². The largest absolute Gasteiger partial charge is 0.464 e. The number of carbonyl (C=O) groups excluding carboxylic acids is 1. The van der Waals surface area contributed by atoms with E-state index in [4.69, 9.17) is 9.15 Å². The summed E-state index contributed by atoms with van der Waals surface area (Å²) in [5, 5.41) is 0.393. The van der Waals surface area contributed by atoms with Gasteiger partial charge in [0.15, 0.2) is 5.43 Å². The van der Waals surface area contributed by atoms with Crippen molar-refractivity contribution in [3.05, 3.63) is 86.6 Å². The number of hydrogen-bond acceptors (Lipinski definition) is 6. The van der Waals surface area contributed by atoms with Crippen molar-refractivity contribution in [2.75, 3.05) is 0 Å². The Morgan fingerprint density at radius 3 is 2.74 bits per heavy atom. The van der Waals surface area contributed by atoms with Crippen molar-refractivity contribution in [3.63, 3.8) is 0 Å². The fourth-order valence-electron chi connectivity index (χ4n) is 3.48. The molecule has 5 rings (SSSR count). The number of hydrogen-bond donors (Lipinski definition) is 0. The Balaban J connectivity index is 1.82. The summed E-state index contributed by atoms with van der Waals surface area (Å²) < 4.78 is 12.1. The van der Waals surface area contributed by atoms with E-state index < -0.39 is 11.9 Å². The van der Waals surface area contributed by atoms with E-state index in [2.05, 4.69) is 4.98 Å². The maximum absolute atomic E-state index is 13.0. The molecule has 0 spiro atoms. The van der Waals surface area contributed by atoms with Gasteiger partial charge in [0.05, 0.1) is 23.6 Å². The molecular formula is C20H12N2O5. The van der Waals surface area contributed by atoms with Gasteiger partial charge in [-0.25, -0.2) is 0 Å². The minimum absolute atomic E-state index is 0.0555. The van der Waals surface area contributed by atoms with Gasteiger partial charge < -0.3 is 9.15 Å². The number of aromatic nitrogens is 2. The van der Waals surface area contributed by atoms with Crippen LogP contribution in [0.2, 0.25) is 0 Å². The highest BCUT2D eigenvalue weighted by atomic mass is 16.5. The lowest BCUT2D eigenvalue weighted by molar-refractivity contribution is -0.135. The van der Waals surface area contributed by atoms with Crippen LogP contribution in [-0.4, -0.2) is 15.4 Å². The average molecular weight is 360 g/mol. The molecule has 1 aromatic carbocycles. The molecule has 3 aromatic heterocycles. The Hall–Kier alpha value is -3.74. The van der Waals surface area contributed by atoms with Crippen molar-refractivity contribution < 1.29 is 13.9 Å². The highest BCUT2D eigenvalue weighted by Gasteiger charge is 2.35. The number of para-hydroxylation sites is 1. The fourth-order valence-corrected chi connectivity index (χ4v) is 3.48. The summed E-state index contributed by atoms with van der Waals surface area (Å²) in [6.45, 7) is 0. The van der Waals surface area contributed by atoms with Crippen molar-refractivity contribution in [1.82, 2.24) is 9.38 Å². The molecule has 27 heavy (non-hydrogen) atoms. The smallest absolute Gasteiger partial charge is 0.313 e. The van der Waals surface area contributed by atoms with Gasteiger partial charge in [-0.1, -0.05) is 18.2 Å². The van der Waals surface area contributed by atoms with Crippen LogP contribution in [0.15, 0.2) is 68.9 Å². The molecule has 0 bridgehead atoms. The number of pyridine rings is 1. The number of nitrogens with zero attached hydrogens (tertiary/aromatic N) is 2. The van der Waals surface area contributed by atoms with Gasteiger partial charge in [-0.15, -0.1) is 0 Å². The Bertz CT molecular complexity index is 1350. The van der Waals surface area contributed by atoms with Crippen LogP contribution < -0.4 is 15.7 Å². The third kappa shape index (κ3) is 2.28. The summed E-state index contributed by atoms with van der Waals surface area (Å²) in [4.78, 5) is 42.4. The molecule has 4 aromatic rings. The van der Waals surface area contributed by atoms with E-state index in [-0.39, 0.29) is 34.4 Å². The quantitative estimate of drug-likeness (QED) is 0.484. The maximum atomic E-state index is 13.0. The lowest BCUT2D eigenvalue weighted by Crippen LogP contribution is -2.32. The molecule has 7 heteroatoms. The molecule has 1 unspecified atom stereocenters. The zero-order valence-corrected chi connectivity index (χ0v) is 13.9. The van der Waals surface area contributed by atoms with Crippen molar-refractivity contribution in [3.8, 4) is 5.88 Å². The Morgan fingerprint density at radius 2 is 1.85 bits per heavy atom. The van der Waals surface area contributed by atoms with Crippen LogP contribution in [0.1, 0.15) is 23.5 Å². The third-order valence-electron chi connectivity index (χ3n) is 4.75. The molecule has 4 heterocycles. The number of esters is 1. The van der Waals surface area contributed by atoms with Crippen LogP contribution in [0.4, 0.5) is 0 Å². The molecular weight excluding hydrogens is 348 g/mol. The first kappa shape index (κ1) is 15.5. The molecule has 0 saturated carbocycles. The van der Waals surface area contributed by atoms with Crippen LogP contribution >= 0.6 is 0 Å². The zero-order valence-electron chi connectivity index (χ0n) is 13.9. The fraction of sp³-hybridized carbons (Fsp3) is 0.100. The lowest BCUT2D eigenvalue weighted by atomic mass is 9.88. The highest BCUT2D eigenvalue weighted by Crippen LogP contribution is 2.34. The third-order valence-corrected chi connectivity index (χ3v) is 4.75. The molecule has 7 nitrogen and oxygen atoms in total. The van der Waals surface area contributed by atoms with E-state index in [9.17, 15) is 14.4 Å². The number of benzene rings is 1. The summed E-state index contributed by atoms with van der Waals surface area (Å²) in [6, 6.07) is 11.9. The summed E-state index contributed by atoms with van der Waals surface area (Å²) in [5.41, 5.74) is 0.571. The zero-order chi connectivity index (χ0) is 18.5. The summed E-state index contributed by atoms with van der Waals surface area (Å²) in [7, 11) is 0. The standard InChI is InChI=1S/C20H12N2O5/c23-16-9-12(13-10-26-14-6-2-1-5-11(14)18(13)24)17-19(27-16)21-15-7-3-4-8-22(15)20(17)25/h1-8,10,12H,9H2. The molecule has 1 aliphatic heterocycles. The molecule has 0 N–H and O–H groups in total. The van der Waals surface area contributed by atoms with E-state index in [1.54, 1.807) is 48.7 Å². The number of rotatable bonds is 1. The molecule has 0 fully saturated rings. The van der Waals surface area contributed by atoms with E-state index in [1.807, 2.05) is 0 Å². The van der Waals surface area contributed by atoms with Gasteiger partial charge in [-0.05, 0) is 24.3 Å². The Labute approximate surface area is 151 Å². The van der Waals surface area contributed by atoms with Crippen LogP contribution in [0.25, 0.3) is 16.6 Å². The predicted octanol–water partition coefficient (Wildman–Crippen LogP) is 2.24. The average Bonchev–Trinajstić information content (AvgIpc) is 2.68. The van der Waals surface area contributed by atoms with Crippen molar-refractivity contribution in [2.24, 2.45) is 0 Å². The predicted molar refractivity (Wildman–Crippen MR) is 96.0 cm³/mol. The summed E-state index contributed by atoms with van der Waals surface area (Å²) in [6.07, 6.45) is 2.77. The normalized spacial score (nSPS) is 16.3. The van der Waals surface area contributed by atoms with Crippen molar-refractivity contribution in [1.29, 1.82) is 0 Å². The van der Waals surface area contributed by atoms with Gasteiger partial charge in [0.1, 0.15) is 11.2 Å². The van der Waals surface area contributed by atoms with Gasteiger partial charge in [0.2, 0.25) is 5.88 Å². The van der Waals surface area contributed by atoms with E-state index in [0.717, 1.165) is 0 Å². The van der Waals surface area contributed by atoms with Gasteiger partial charge in [-0.2, -0.15) is 4.98 Å². The summed E-state index contributed by atoms with van der Waals surface area (Å²) >= 11 is 0. The maximum Gasteiger partial charge on any atom is 0.313 e. The molecule has 0 amide bonds. The molecule has 0 aliphatic carbocycles. The van der Waals surface area contributed by atoms with Crippen LogP contribution in [-0.2, 0) is 4.79 Å². The number of carbonyl (C=O) groups is 1. The second kappa shape index (κ2) is 5.63. The first-order valence-corrected chi connectivity index (χ1v) is 8.36. The summed E-state index contributed by atoms with van der Waals surface area (Å²) in [5.74, 6) is -1.38. The second-order valence-electron chi connectivity index (χ2n) is 6.31. The van der Waals surface area contributed by atoms with E-state index in [1.165, 1.54) is 10.7 Å². The Kier molecular flexibility index (Phi) is 3.24. The first-order chi connectivity index (χ1) is 13.1. The van der Waals surface area contributed by atoms with Gasteiger partial charge in [0, 0.05) is 17.7 Å². The highest BCUT2D eigenvalue weighted by molar-refractivity contribution is 5.79. The van der Waals surface area contributed by atoms with Crippen LogP contribution in [0.3, 0.4) is 0 Å². The lowest BCUT2D eigenvalue weighted by Gasteiger charge is -2.23. The van der Waals surface area contributed by atoms with Gasteiger partial charge >= 0.3 is 5.97 Å².